The maximum atomic E-state index is 11.7. The third-order valence-corrected chi connectivity index (χ3v) is 2.71. The number of carboxylic acids is 1. The van der Waals surface area contributed by atoms with Crippen molar-refractivity contribution in [1.82, 2.24) is 5.32 Å². The molecule has 0 spiro atoms. The Kier molecular flexibility index (Phi) is 7.25. The number of para-hydroxylation sites is 1. The van der Waals surface area contributed by atoms with E-state index in [1.165, 1.54) is 6.07 Å². The number of carbonyl (C=O) groups excluding carboxylic acids is 1. The van der Waals surface area contributed by atoms with Gasteiger partial charge in [-0.25, -0.2) is 9.59 Å². The molecule has 0 aliphatic heterocycles. The average Bonchev–Trinajstić information content (AvgIpc) is 2.42. The van der Waals surface area contributed by atoms with Gasteiger partial charge in [0.2, 0.25) is 0 Å². The van der Waals surface area contributed by atoms with Crippen LogP contribution in [0.2, 0.25) is 0 Å². The molecule has 0 fully saturated rings. The Morgan fingerprint density at radius 1 is 1.24 bits per heavy atom. The van der Waals surface area contributed by atoms with Gasteiger partial charge >= 0.3 is 12.0 Å². The van der Waals surface area contributed by atoms with Gasteiger partial charge in [0.1, 0.15) is 0 Å². The van der Waals surface area contributed by atoms with Crippen LogP contribution in [0.3, 0.4) is 0 Å². The maximum absolute atomic E-state index is 11.7. The molecule has 0 saturated carbocycles. The fraction of sp³-hybridized carbons (Fsp3) is 0.467. The lowest BCUT2D eigenvalue weighted by molar-refractivity contribution is 0.0697. The highest BCUT2D eigenvalue weighted by atomic mass is 16.5. The number of hydrogen-bond donors (Lipinski definition) is 3. The van der Waals surface area contributed by atoms with Crippen molar-refractivity contribution < 1.29 is 19.4 Å². The van der Waals surface area contributed by atoms with Crippen LogP contribution in [-0.4, -0.2) is 36.4 Å². The fourth-order valence-corrected chi connectivity index (χ4v) is 1.69. The smallest absolute Gasteiger partial charge is 0.337 e. The van der Waals surface area contributed by atoms with E-state index in [0.29, 0.717) is 13.2 Å². The van der Waals surface area contributed by atoms with Crippen LogP contribution in [-0.2, 0) is 4.74 Å². The number of anilines is 1. The first-order chi connectivity index (χ1) is 10.0. The summed E-state index contributed by atoms with van der Waals surface area (Å²) in [6.45, 7) is 5.14. The van der Waals surface area contributed by atoms with Crippen molar-refractivity contribution in [2.45, 2.75) is 32.8 Å². The van der Waals surface area contributed by atoms with Gasteiger partial charge in [0.05, 0.1) is 17.4 Å². The normalized spacial score (nSPS) is 10.4. The molecule has 3 N–H and O–H groups in total. The monoisotopic (exact) mass is 294 g/mol. The highest BCUT2D eigenvalue weighted by Gasteiger charge is 2.10. The highest BCUT2D eigenvalue weighted by molar-refractivity contribution is 5.99. The Bertz CT molecular complexity index is 474. The van der Waals surface area contributed by atoms with E-state index in [1.54, 1.807) is 18.2 Å². The van der Waals surface area contributed by atoms with E-state index in [9.17, 15) is 9.59 Å². The predicted octanol–water partition coefficient (Wildman–Crippen LogP) is 2.71. The minimum Gasteiger partial charge on any atom is -0.478 e. The summed E-state index contributed by atoms with van der Waals surface area (Å²) in [5, 5.41) is 14.2. The maximum Gasteiger partial charge on any atom is 0.337 e. The molecule has 0 bridgehead atoms. The first kappa shape index (κ1) is 17.0. The summed E-state index contributed by atoms with van der Waals surface area (Å²) in [5.74, 6) is -1.07. The van der Waals surface area contributed by atoms with Gasteiger partial charge in [0, 0.05) is 13.2 Å². The summed E-state index contributed by atoms with van der Waals surface area (Å²) in [6.07, 6.45) is 1.89. The number of urea groups is 1. The third kappa shape index (κ3) is 6.76. The average molecular weight is 294 g/mol. The van der Waals surface area contributed by atoms with Crippen molar-refractivity contribution in [3.05, 3.63) is 29.8 Å². The Hall–Kier alpha value is -2.08. The molecule has 0 atom stereocenters. The molecule has 0 saturated heterocycles. The number of rotatable bonds is 8. The van der Waals surface area contributed by atoms with E-state index in [4.69, 9.17) is 9.84 Å². The second-order valence-electron chi connectivity index (χ2n) is 4.86. The van der Waals surface area contributed by atoms with Crippen LogP contribution in [0.5, 0.6) is 0 Å². The van der Waals surface area contributed by atoms with Gasteiger partial charge in [-0.1, -0.05) is 12.1 Å². The zero-order valence-corrected chi connectivity index (χ0v) is 12.4. The van der Waals surface area contributed by atoms with E-state index in [2.05, 4.69) is 10.6 Å². The van der Waals surface area contributed by atoms with Gasteiger partial charge in [-0.3, -0.25) is 0 Å². The first-order valence-electron chi connectivity index (χ1n) is 6.99. The van der Waals surface area contributed by atoms with Gasteiger partial charge in [0.25, 0.3) is 0 Å². The molecular formula is C15H22N2O4. The van der Waals surface area contributed by atoms with Crippen LogP contribution in [0.15, 0.2) is 24.3 Å². The molecule has 2 amide bonds. The number of ether oxygens (including phenoxy) is 1. The number of carbonyl (C=O) groups is 2. The van der Waals surface area contributed by atoms with Gasteiger partial charge in [-0.2, -0.15) is 0 Å². The van der Waals surface area contributed by atoms with E-state index in [0.717, 1.165) is 12.8 Å². The van der Waals surface area contributed by atoms with Crippen LogP contribution in [0.25, 0.3) is 0 Å². The Balaban J connectivity index is 2.30. The summed E-state index contributed by atoms with van der Waals surface area (Å²) < 4.78 is 5.39. The minimum absolute atomic E-state index is 0.0676. The second-order valence-corrected chi connectivity index (χ2v) is 4.86. The Labute approximate surface area is 124 Å². The van der Waals surface area contributed by atoms with Crippen LogP contribution in [0, 0.1) is 0 Å². The van der Waals surface area contributed by atoms with Gasteiger partial charge in [-0.05, 0) is 38.8 Å². The Morgan fingerprint density at radius 3 is 2.62 bits per heavy atom. The number of nitrogens with one attached hydrogen (secondary N) is 2. The number of unbranched alkanes of at least 4 members (excludes halogenated alkanes) is 1. The molecule has 1 rings (SSSR count). The molecule has 0 aliphatic carbocycles. The summed E-state index contributed by atoms with van der Waals surface area (Å²) in [6, 6.07) is 5.88. The van der Waals surface area contributed by atoms with E-state index in [1.807, 2.05) is 13.8 Å². The largest absolute Gasteiger partial charge is 0.478 e. The third-order valence-electron chi connectivity index (χ3n) is 2.71. The zero-order chi connectivity index (χ0) is 15.7. The molecule has 0 aliphatic rings. The van der Waals surface area contributed by atoms with E-state index < -0.39 is 12.0 Å². The molecular weight excluding hydrogens is 272 g/mol. The molecule has 0 heterocycles. The summed E-state index contributed by atoms with van der Waals surface area (Å²) in [7, 11) is 0. The molecule has 1 aromatic carbocycles. The van der Waals surface area contributed by atoms with Crippen molar-refractivity contribution >= 4 is 17.7 Å². The Morgan fingerprint density at radius 2 is 1.95 bits per heavy atom. The zero-order valence-electron chi connectivity index (χ0n) is 12.4. The van der Waals surface area contributed by atoms with Gasteiger partial charge in [0.15, 0.2) is 0 Å². The number of carboxylic acid groups (broad SMARTS) is 1. The lowest BCUT2D eigenvalue weighted by atomic mass is 10.2. The van der Waals surface area contributed by atoms with Gasteiger partial charge < -0.3 is 20.5 Å². The van der Waals surface area contributed by atoms with Crippen LogP contribution < -0.4 is 10.6 Å². The fourth-order valence-electron chi connectivity index (χ4n) is 1.69. The standard InChI is InChI=1S/C15H22N2O4/c1-11(2)21-10-6-5-9-16-15(20)17-13-8-4-3-7-12(13)14(18)19/h3-4,7-8,11H,5-6,9-10H2,1-2H3,(H,18,19)(H2,16,17,20). The molecule has 1 aromatic rings. The highest BCUT2D eigenvalue weighted by Crippen LogP contribution is 2.14. The number of hydrogen-bond acceptors (Lipinski definition) is 3. The lowest BCUT2D eigenvalue weighted by Crippen LogP contribution is -2.30. The second kappa shape index (κ2) is 8.97. The molecule has 116 valence electrons. The molecule has 0 unspecified atom stereocenters. The molecule has 6 heteroatoms. The lowest BCUT2D eigenvalue weighted by Gasteiger charge is -2.10. The van der Waals surface area contributed by atoms with Crippen molar-refractivity contribution in [2.75, 3.05) is 18.5 Å². The topological polar surface area (TPSA) is 87.7 Å². The van der Waals surface area contributed by atoms with Crippen molar-refractivity contribution in [3.8, 4) is 0 Å². The van der Waals surface area contributed by atoms with Crippen molar-refractivity contribution in [1.29, 1.82) is 0 Å². The SMILES string of the molecule is CC(C)OCCCCNC(=O)Nc1ccccc1C(=O)O. The quantitative estimate of drug-likeness (QED) is 0.643. The number of aromatic carboxylic acids is 1. The van der Waals surface area contributed by atoms with Crippen LogP contribution >= 0.6 is 0 Å². The van der Waals surface area contributed by atoms with Crippen LogP contribution in [0.1, 0.15) is 37.0 Å². The molecule has 0 aromatic heterocycles. The van der Waals surface area contributed by atoms with Crippen molar-refractivity contribution in [3.63, 3.8) is 0 Å². The summed E-state index contributed by atoms with van der Waals surface area (Å²) in [4.78, 5) is 22.7. The summed E-state index contributed by atoms with van der Waals surface area (Å²) >= 11 is 0. The van der Waals surface area contributed by atoms with E-state index in [-0.39, 0.29) is 17.4 Å². The predicted molar refractivity (Wildman–Crippen MR) is 80.7 cm³/mol. The number of benzene rings is 1. The van der Waals surface area contributed by atoms with Gasteiger partial charge in [-0.15, -0.1) is 0 Å². The van der Waals surface area contributed by atoms with Crippen LogP contribution in [0.4, 0.5) is 10.5 Å². The summed E-state index contributed by atoms with van der Waals surface area (Å²) in [5.41, 5.74) is 0.351. The minimum atomic E-state index is -1.07. The molecule has 0 radical (unpaired) electrons. The molecule has 6 nitrogen and oxygen atoms in total. The van der Waals surface area contributed by atoms with E-state index >= 15 is 0 Å². The molecule has 21 heavy (non-hydrogen) atoms. The van der Waals surface area contributed by atoms with Crippen molar-refractivity contribution in [2.24, 2.45) is 0 Å². The number of amides is 2. The first-order valence-corrected chi connectivity index (χ1v) is 6.99.